The van der Waals surface area contributed by atoms with Gasteiger partial charge in [0, 0.05) is 10.6 Å². The average Bonchev–Trinajstić information content (AvgIpc) is 2.34. The third-order valence-electron chi connectivity index (χ3n) is 2.79. The van der Waals surface area contributed by atoms with Gasteiger partial charge in [0.2, 0.25) is 0 Å². The Kier molecular flexibility index (Phi) is 6.23. The highest BCUT2D eigenvalue weighted by Gasteiger charge is 2.10. The first-order valence-electron chi connectivity index (χ1n) is 6.18. The summed E-state index contributed by atoms with van der Waals surface area (Å²) in [5.74, 6) is 0.144. The molecule has 0 spiro atoms. The summed E-state index contributed by atoms with van der Waals surface area (Å²) in [7, 11) is 0. The Morgan fingerprint density at radius 1 is 1.35 bits per heavy atom. The number of hydrogen-bond acceptors (Lipinski definition) is 2. The van der Waals surface area contributed by atoms with Crippen molar-refractivity contribution in [1.82, 2.24) is 4.90 Å². The molecule has 0 unspecified atom stereocenters. The number of ketones is 1. The number of carbonyl (C=O) groups is 1. The number of likely N-dealkylation sites (N-methyl/N-ethyl adjacent to an activating group) is 1. The van der Waals surface area contributed by atoms with Crippen molar-refractivity contribution < 1.29 is 4.79 Å². The van der Waals surface area contributed by atoms with Gasteiger partial charge in [-0.25, -0.2) is 0 Å². The minimum atomic E-state index is 0.144. The summed E-state index contributed by atoms with van der Waals surface area (Å²) in [6.45, 7) is 6.62. The van der Waals surface area contributed by atoms with Crippen LogP contribution in [-0.2, 0) is 0 Å². The summed E-state index contributed by atoms with van der Waals surface area (Å²) in [6, 6.07) is 7.16. The van der Waals surface area contributed by atoms with E-state index in [9.17, 15) is 4.79 Å². The van der Waals surface area contributed by atoms with Crippen LogP contribution >= 0.6 is 11.6 Å². The lowest BCUT2D eigenvalue weighted by Gasteiger charge is -2.19. The molecule has 0 aliphatic heterocycles. The van der Waals surface area contributed by atoms with Gasteiger partial charge in [-0.15, -0.1) is 0 Å². The van der Waals surface area contributed by atoms with Gasteiger partial charge in [-0.05, 0) is 31.6 Å². The number of rotatable bonds is 7. The summed E-state index contributed by atoms with van der Waals surface area (Å²) >= 11 is 5.88. The molecule has 0 aliphatic rings. The molecule has 0 saturated carbocycles. The minimum absolute atomic E-state index is 0.144. The number of unbranched alkanes of at least 4 members (excludes halogenated alkanes) is 1. The predicted octanol–water partition coefficient (Wildman–Crippen LogP) is 3.64. The molecule has 0 heterocycles. The maximum absolute atomic E-state index is 12.0. The molecule has 0 radical (unpaired) electrons. The van der Waals surface area contributed by atoms with Crippen LogP contribution < -0.4 is 0 Å². The van der Waals surface area contributed by atoms with Gasteiger partial charge in [0.1, 0.15) is 0 Å². The second kappa shape index (κ2) is 7.46. The molecule has 0 aromatic heterocycles. The van der Waals surface area contributed by atoms with Crippen LogP contribution in [0.4, 0.5) is 0 Å². The van der Waals surface area contributed by atoms with Crippen LogP contribution in [0.2, 0.25) is 5.02 Å². The lowest BCUT2D eigenvalue weighted by molar-refractivity contribution is 0.0933. The topological polar surface area (TPSA) is 20.3 Å². The summed E-state index contributed by atoms with van der Waals surface area (Å²) in [6.07, 6.45) is 2.29. The average molecular weight is 254 g/mol. The fraction of sp³-hybridized carbons (Fsp3) is 0.500. The normalized spacial score (nSPS) is 10.8. The van der Waals surface area contributed by atoms with Crippen molar-refractivity contribution in [2.75, 3.05) is 19.6 Å². The van der Waals surface area contributed by atoms with Gasteiger partial charge in [-0.1, -0.05) is 44.0 Å². The smallest absolute Gasteiger partial charge is 0.176 e. The lowest BCUT2D eigenvalue weighted by atomic mass is 10.1. The molecule has 3 heteroatoms. The molecule has 1 aromatic rings. The second-order valence-corrected chi connectivity index (χ2v) is 4.59. The molecule has 0 saturated heterocycles. The Morgan fingerprint density at radius 2 is 2.12 bits per heavy atom. The molecule has 0 bridgehead atoms. The van der Waals surface area contributed by atoms with Crippen LogP contribution in [0.15, 0.2) is 24.3 Å². The molecule has 1 aromatic carbocycles. The van der Waals surface area contributed by atoms with E-state index in [4.69, 9.17) is 11.6 Å². The molecule has 0 atom stereocenters. The van der Waals surface area contributed by atoms with Gasteiger partial charge in [0.15, 0.2) is 5.78 Å². The van der Waals surface area contributed by atoms with Crippen molar-refractivity contribution in [2.24, 2.45) is 0 Å². The second-order valence-electron chi connectivity index (χ2n) is 4.16. The maximum Gasteiger partial charge on any atom is 0.176 e. The Bertz CT molecular complexity index is 365. The van der Waals surface area contributed by atoms with Crippen LogP contribution in [0.25, 0.3) is 0 Å². The maximum atomic E-state index is 12.0. The van der Waals surface area contributed by atoms with Gasteiger partial charge < -0.3 is 0 Å². The molecule has 0 N–H and O–H groups in total. The first-order chi connectivity index (χ1) is 8.17. The molecular weight excluding hydrogens is 234 g/mol. The van der Waals surface area contributed by atoms with E-state index in [1.54, 1.807) is 12.1 Å². The summed E-state index contributed by atoms with van der Waals surface area (Å²) in [5.41, 5.74) is 0.701. The molecule has 0 aliphatic carbocycles. The first-order valence-corrected chi connectivity index (χ1v) is 6.56. The zero-order valence-electron chi connectivity index (χ0n) is 10.6. The fourth-order valence-electron chi connectivity index (χ4n) is 1.69. The number of Topliss-reactive ketones (excluding diaryl/α,β-unsaturated/α-hetero) is 1. The van der Waals surface area contributed by atoms with Gasteiger partial charge in [-0.2, -0.15) is 0 Å². The Balaban J connectivity index is 2.58. The third-order valence-corrected chi connectivity index (χ3v) is 3.02. The van der Waals surface area contributed by atoms with E-state index < -0.39 is 0 Å². The monoisotopic (exact) mass is 253 g/mol. The minimum Gasteiger partial charge on any atom is -0.296 e. The van der Waals surface area contributed by atoms with Crippen molar-refractivity contribution >= 4 is 17.4 Å². The fourth-order valence-corrected chi connectivity index (χ4v) is 1.88. The van der Waals surface area contributed by atoms with Crippen LogP contribution in [0.1, 0.15) is 37.0 Å². The van der Waals surface area contributed by atoms with Crippen molar-refractivity contribution in [1.29, 1.82) is 0 Å². The van der Waals surface area contributed by atoms with Crippen LogP contribution in [-0.4, -0.2) is 30.3 Å². The number of halogens is 1. The number of hydrogen-bond donors (Lipinski definition) is 0. The summed E-state index contributed by atoms with van der Waals surface area (Å²) in [4.78, 5) is 14.2. The van der Waals surface area contributed by atoms with E-state index in [-0.39, 0.29) is 5.78 Å². The van der Waals surface area contributed by atoms with Crippen LogP contribution in [0, 0.1) is 0 Å². The Hall–Kier alpha value is -0.860. The highest BCUT2D eigenvalue weighted by atomic mass is 35.5. The van der Waals surface area contributed by atoms with E-state index in [2.05, 4.69) is 18.7 Å². The quantitative estimate of drug-likeness (QED) is 0.692. The standard InChI is InChI=1S/C14H20ClNO/c1-3-5-9-16(4-2)11-14(17)12-7-6-8-13(15)10-12/h6-8,10H,3-5,9,11H2,1-2H3. The van der Waals surface area contributed by atoms with Crippen LogP contribution in [0.3, 0.4) is 0 Å². The van der Waals surface area contributed by atoms with Crippen molar-refractivity contribution in [3.05, 3.63) is 34.9 Å². The van der Waals surface area contributed by atoms with Crippen molar-refractivity contribution in [2.45, 2.75) is 26.7 Å². The number of benzene rings is 1. The molecular formula is C14H20ClNO. The zero-order chi connectivity index (χ0) is 12.7. The summed E-state index contributed by atoms with van der Waals surface area (Å²) in [5, 5.41) is 0.618. The van der Waals surface area contributed by atoms with Crippen molar-refractivity contribution in [3.63, 3.8) is 0 Å². The van der Waals surface area contributed by atoms with Crippen LogP contribution in [0.5, 0.6) is 0 Å². The predicted molar refractivity (Wildman–Crippen MR) is 72.8 cm³/mol. The van der Waals surface area contributed by atoms with E-state index in [0.29, 0.717) is 17.1 Å². The van der Waals surface area contributed by atoms with E-state index in [0.717, 1.165) is 25.9 Å². The molecule has 0 amide bonds. The summed E-state index contributed by atoms with van der Waals surface area (Å²) < 4.78 is 0. The largest absolute Gasteiger partial charge is 0.296 e. The highest BCUT2D eigenvalue weighted by Crippen LogP contribution is 2.11. The van der Waals surface area contributed by atoms with Gasteiger partial charge in [0.25, 0.3) is 0 Å². The molecule has 0 fully saturated rings. The van der Waals surface area contributed by atoms with Crippen molar-refractivity contribution in [3.8, 4) is 0 Å². The van der Waals surface area contributed by atoms with Gasteiger partial charge >= 0.3 is 0 Å². The zero-order valence-corrected chi connectivity index (χ0v) is 11.3. The number of nitrogens with zero attached hydrogens (tertiary/aromatic N) is 1. The Labute approximate surface area is 109 Å². The number of carbonyl (C=O) groups excluding carboxylic acids is 1. The molecule has 2 nitrogen and oxygen atoms in total. The van der Waals surface area contributed by atoms with E-state index in [1.165, 1.54) is 0 Å². The van der Waals surface area contributed by atoms with E-state index in [1.807, 2.05) is 12.1 Å². The lowest BCUT2D eigenvalue weighted by Crippen LogP contribution is -2.30. The van der Waals surface area contributed by atoms with Gasteiger partial charge in [-0.3, -0.25) is 9.69 Å². The molecule has 1 rings (SSSR count). The Morgan fingerprint density at radius 3 is 2.71 bits per heavy atom. The SMILES string of the molecule is CCCCN(CC)CC(=O)c1cccc(Cl)c1. The molecule has 94 valence electrons. The highest BCUT2D eigenvalue weighted by molar-refractivity contribution is 6.31. The van der Waals surface area contributed by atoms with E-state index >= 15 is 0 Å². The van der Waals surface area contributed by atoms with Gasteiger partial charge in [0.05, 0.1) is 6.54 Å². The third kappa shape index (κ3) is 4.88. The molecule has 17 heavy (non-hydrogen) atoms. The first kappa shape index (κ1) is 14.2.